The third-order valence-corrected chi connectivity index (χ3v) is 2.84. The van der Waals surface area contributed by atoms with Gasteiger partial charge in [0.15, 0.2) is 0 Å². The zero-order valence-electron chi connectivity index (χ0n) is 7.47. The molecule has 0 rings (SSSR count). The van der Waals surface area contributed by atoms with Crippen molar-refractivity contribution in [1.82, 2.24) is 0 Å². The number of hydrogen-bond donors (Lipinski definition) is 1. The summed E-state index contributed by atoms with van der Waals surface area (Å²) in [6.45, 7) is 4.44. The molecule has 0 amide bonds. The Morgan fingerprint density at radius 3 is 2.55 bits per heavy atom. The number of thiol groups is 1. The minimum Gasteiger partial charge on any atom is -0.175 e. The molecule has 0 fully saturated rings. The van der Waals surface area contributed by atoms with Crippen molar-refractivity contribution in [3.63, 3.8) is 0 Å². The minimum absolute atomic E-state index is 0.881. The first-order chi connectivity index (χ1) is 5.35. The van der Waals surface area contributed by atoms with Gasteiger partial charge in [-0.05, 0) is 23.5 Å². The molecular formula is C9H18S2. The lowest BCUT2D eigenvalue weighted by molar-refractivity contribution is 0.944. The summed E-state index contributed by atoms with van der Waals surface area (Å²) in [5.41, 5.74) is 0. The first-order valence-electron chi connectivity index (χ1n) is 4.27. The van der Waals surface area contributed by atoms with E-state index in [1.807, 2.05) is 11.8 Å². The van der Waals surface area contributed by atoms with Crippen molar-refractivity contribution in [2.45, 2.75) is 33.1 Å². The Kier molecular flexibility index (Phi) is 8.88. The average Bonchev–Trinajstić information content (AvgIpc) is 2.01. The van der Waals surface area contributed by atoms with Gasteiger partial charge in [0.1, 0.15) is 0 Å². The van der Waals surface area contributed by atoms with Gasteiger partial charge in [-0.15, -0.1) is 11.8 Å². The predicted molar refractivity (Wildman–Crippen MR) is 59.6 cm³/mol. The fraction of sp³-hybridized carbons (Fsp3) is 0.778. The number of hydrogen-bond acceptors (Lipinski definition) is 2. The van der Waals surface area contributed by atoms with Gasteiger partial charge in [0.25, 0.3) is 0 Å². The second-order valence-electron chi connectivity index (χ2n) is 2.45. The van der Waals surface area contributed by atoms with E-state index in [0.717, 1.165) is 5.75 Å². The highest BCUT2D eigenvalue weighted by Crippen LogP contribution is 2.21. The molecule has 0 aromatic carbocycles. The van der Waals surface area contributed by atoms with E-state index in [-0.39, 0.29) is 0 Å². The first kappa shape index (κ1) is 11.4. The van der Waals surface area contributed by atoms with E-state index in [1.165, 1.54) is 29.9 Å². The molecule has 0 spiro atoms. The first-order valence-corrected chi connectivity index (χ1v) is 5.89. The normalized spacial score (nSPS) is 12.1. The summed E-state index contributed by atoms with van der Waals surface area (Å²) < 4.78 is 0. The average molecular weight is 190 g/mol. The maximum atomic E-state index is 4.19. The van der Waals surface area contributed by atoms with Crippen molar-refractivity contribution in [2.75, 3.05) is 11.5 Å². The van der Waals surface area contributed by atoms with Gasteiger partial charge in [-0.1, -0.05) is 26.3 Å². The number of thioether (sulfide) groups is 1. The molecule has 0 radical (unpaired) electrons. The summed E-state index contributed by atoms with van der Waals surface area (Å²) in [6, 6.07) is 0. The molecule has 0 atom stereocenters. The lowest BCUT2D eigenvalue weighted by atomic mass is 10.3. The molecule has 0 saturated heterocycles. The van der Waals surface area contributed by atoms with E-state index in [2.05, 4.69) is 32.6 Å². The van der Waals surface area contributed by atoms with E-state index < -0.39 is 0 Å². The third-order valence-electron chi connectivity index (χ3n) is 1.31. The molecule has 0 unspecified atom stereocenters. The summed E-state index contributed by atoms with van der Waals surface area (Å²) in [7, 11) is 0. The van der Waals surface area contributed by atoms with Gasteiger partial charge in [-0.3, -0.25) is 0 Å². The largest absolute Gasteiger partial charge is 0.175 e. The van der Waals surface area contributed by atoms with Crippen molar-refractivity contribution in [3.05, 3.63) is 11.0 Å². The zero-order valence-corrected chi connectivity index (χ0v) is 9.18. The Bertz CT molecular complexity index is 108. The Balaban J connectivity index is 3.60. The Morgan fingerprint density at radius 2 is 2.09 bits per heavy atom. The van der Waals surface area contributed by atoms with Crippen molar-refractivity contribution in [3.8, 4) is 0 Å². The van der Waals surface area contributed by atoms with E-state index in [4.69, 9.17) is 0 Å². The molecule has 66 valence electrons. The van der Waals surface area contributed by atoms with Gasteiger partial charge < -0.3 is 0 Å². The van der Waals surface area contributed by atoms with Crippen LogP contribution in [0.15, 0.2) is 11.0 Å². The third kappa shape index (κ3) is 6.82. The van der Waals surface area contributed by atoms with Crippen LogP contribution in [0, 0.1) is 0 Å². The molecule has 0 aliphatic heterocycles. The summed E-state index contributed by atoms with van der Waals surface area (Å²) in [5, 5.41) is 0. The van der Waals surface area contributed by atoms with Crippen LogP contribution in [0.5, 0.6) is 0 Å². The van der Waals surface area contributed by atoms with Crippen LogP contribution in [0.3, 0.4) is 0 Å². The molecule has 0 nitrogen and oxygen atoms in total. The number of rotatable bonds is 6. The van der Waals surface area contributed by atoms with Crippen molar-refractivity contribution in [1.29, 1.82) is 0 Å². The molecule has 11 heavy (non-hydrogen) atoms. The molecule has 0 heterocycles. The summed E-state index contributed by atoms with van der Waals surface area (Å²) in [5.74, 6) is 2.13. The van der Waals surface area contributed by atoms with Crippen LogP contribution in [0.4, 0.5) is 0 Å². The Labute approximate surface area is 80.2 Å². The smallest absolute Gasteiger partial charge is 0.00933 e. The van der Waals surface area contributed by atoms with Crippen molar-refractivity contribution < 1.29 is 0 Å². The topological polar surface area (TPSA) is 0 Å². The molecule has 0 aliphatic carbocycles. The molecule has 0 bridgehead atoms. The van der Waals surface area contributed by atoms with Crippen LogP contribution in [0.1, 0.15) is 33.1 Å². The molecule has 0 saturated carbocycles. The highest BCUT2D eigenvalue weighted by molar-refractivity contribution is 8.03. The van der Waals surface area contributed by atoms with Crippen LogP contribution in [-0.4, -0.2) is 11.5 Å². The summed E-state index contributed by atoms with van der Waals surface area (Å²) in [4.78, 5) is 1.52. The van der Waals surface area contributed by atoms with E-state index >= 15 is 0 Å². The van der Waals surface area contributed by atoms with Crippen molar-refractivity contribution in [2.24, 2.45) is 0 Å². The second-order valence-corrected chi connectivity index (χ2v) is 4.04. The highest BCUT2D eigenvalue weighted by Gasteiger charge is 1.94. The molecule has 0 aromatic heterocycles. The Hall–Kier alpha value is 0.440. The monoisotopic (exact) mass is 190 g/mol. The standard InChI is InChI=1S/C9H18S2/c1-3-5-9(6-7-10)11-8-4-2/h6,10H,3-5,7-8H2,1-2H3. The minimum atomic E-state index is 0.881. The highest BCUT2D eigenvalue weighted by atomic mass is 32.2. The van der Waals surface area contributed by atoms with Crippen molar-refractivity contribution >= 4 is 24.4 Å². The van der Waals surface area contributed by atoms with Gasteiger partial charge in [-0.25, -0.2) is 0 Å². The van der Waals surface area contributed by atoms with Gasteiger partial charge >= 0.3 is 0 Å². The van der Waals surface area contributed by atoms with Gasteiger partial charge in [0.2, 0.25) is 0 Å². The van der Waals surface area contributed by atoms with Crippen LogP contribution < -0.4 is 0 Å². The predicted octanol–water partition coefficient (Wildman–Crippen LogP) is 3.74. The fourth-order valence-electron chi connectivity index (χ4n) is 0.815. The van der Waals surface area contributed by atoms with E-state index in [9.17, 15) is 0 Å². The lowest BCUT2D eigenvalue weighted by Gasteiger charge is -2.03. The lowest BCUT2D eigenvalue weighted by Crippen LogP contribution is -1.81. The van der Waals surface area contributed by atoms with E-state index in [0.29, 0.717) is 0 Å². The maximum absolute atomic E-state index is 4.19. The Morgan fingerprint density at radius 1 is 1.36 bits per heavy atom. The summed E-state index contributed by atoms with van der Waals surface area (Å²) in [6.07, 6.45) is 5.97. The molecule has 0 N–H and O–H groups in total. The molecule has 0 aliphatic rings. The van der Waals surface area contributed by atoms with Gasteiger partial charge in [-0.2, -0.15) is 12.6 Å². The zero-order chi connectivity index (χ0) is 8.53. The van der Waals surface area contributed by atoms with Gasteiger partial charge in [0, 0.05) is 5.75 Å². The van der Waals surface area contributed by atoms with Crippen LogP contribution in [0.25, 0.3) is 0 Å². The van der Waals surface area contributed by atoms with E-state index in [1.54, 1.807) is 0 Å². The maximum Gasteiger partial charge on any atom is 0.00933 e. The molecular weight excluding hydrogens is 172 g/mol. The quantitative estimate of drug-likeness (QED) is 0.623. The summed E-state index contributed by atoms with van der Waals surface area (Å²) >= 11 is 6.17. The van der Waals surface area contributed by atoms with Gasteiger partial charge in [0.05, 0.1) is 0 Å². The van der Waals surface area contributed by atoms with Crippen LogP contribution >= 0.6 is 24.4 Å². The second kappa shape index (κ2) is 8.54. The molecule has 2 heteroatoms. The van der Waals surface area contributed by atoms with Crippen LogP contribution in [-0.2, 0) is 0 Å². The SMILES string of the molecule is CCCSC(=CCS)CCC. The fourth-order valence-corrected chi connectivity index (χ4v) is 2.17. The molecule has 0 aromatic rings. The number of allylic oxidation sites excluding steroid dienone is 1. The van der Waals surface area contributed by atoms with Crippen LogP contribution in [0.2, 0.25) is 0 Å².